The summed E-state index contributed by atoms with van der Waals surface area (Å²) in [5, 5.41) is 2.75. The molecule has 0 saturated carbocycles. The highest BCUT2D eigenvalue weighted by Crippen LogP contribution is 2.41. The molecule has 0 fully saturated rings. The van der Waals surface area contributed by atoms with Crippen LogP contribution in [-0.2, 0) is 11.0 Å². The van der Waals surface area contributed by atoms with Crippen molar-refractivity contribution in [3.8, 4) is 0 Å². The highest BCUT2D eigenvalue weighted by molar-refractivity contribution is 7.98. The van der Waals surface area contributed by atoms with E-state index >= 15 is 0 Å². The van der Waals surface area contributed by atoms with Crippen molar-refractivity contribution in [2.75, 3.05) is 11.6 Å². The molecule has 3 rings (SSSR count). The summed E-state index contributed by atoms with van der Waals surface area (Å²) < 4.78 is 39.9. The quantitative estimate of drug-likeness (QED) is 0.642. The Kier molecular flexibility index (Phi) is 4.12. The molecule has 0 radical (unpaired) electrons. The summed E-state index contributed by atoms with van der Waals surface area (Å²) >= 11 is 1.16. The van der Waals surface area contributed by atoms with Crippen LogP contribution in [0, 0.1) is 0 Å². The molecule has 0 spiro atoms. The molecule has 24 heavy (non-hydrogen) atoms. The summed E-state index contributed by atoms with van der Waals surface area (Å²) in [6.45, 7) is 0. The number of amides is 1. The third-order valence-electron chi connectivity index (χ3n) is 3.76. The minimum atomic E-state index is -4.58. The third kappa shape index (κ3) is 2.91. The average Bonchev–Trinajstić information content (AvgIpc) is 2.52. The number of hydrogen-bond donors (Lipinski definition) is 2. The lowest BCUT2D eigenvalue weighted by atomic mass is 9.84. The first-order chi connectivity index (χ1) is 11.3. The predicted octanol–water partition coefficient (Wildman–Crippen LogP) is 2.98. The van der Waals surface area contributed by atoms with Crippen LogP contribution in [0.2, 0.25) is 0 Å². The van der Waals surface area contributed by atoms with Crippen molar-refractivity contribution >= 4 is 23.5 Å². The summed E-state index contributed by atoms with van der Waals surface area (Å²) in [5.74, 6) is -1.46. The van der Waals surface area contributed by atoms with Crippen LogP contribution < -0.4 is 10.9 Å². The van der Waals surface area contributed by atoms with Crippen LogP contribution in [0.4, 0.5) is 19.0 Å². The van der Waals surface area contributed by atoms with Crippen LogP contribution in [0.5, 0.6) is 0 Å². The number of anilines is 1. The van der Waals surface area contributed by atoms with E-state index in [2.05, 4.69) is 15.3 Å². The number of carbonyl (C=O) groups excluding carboxylic acids is 1. The van der Waals surface area contributed by atoms with Gasteiger partial charge in [0, 0.05) is 12.3 Å². The van der Waals surface area contributed by atoms with Crippen molar-refractivity contribution in [2.24, 2.45) is 0 Å². The molecule has 1 aromatic heterocycles. The van der Waals surface area contributed by atoms with Crippen LogP contribution in [0.25, 0.3) is 0 Å². The normalized spacial score (nSPS) is 17.3. The number of thioether (sulfide) groups is 1. The Morgan fingerprint density at radius 3 is 2.62 bits per heavy atom. The highest BCUT2D eigenvalue weighted by Gasteiger charge is 2.39. The molecule has 2 N–H and O–H groups in total. The molecule has 0 aliphatic carbocycles. The molecule has 2 heterocycles. The lowest BCUT2D eigenvalue weighted by Gasteiger charge is -2.26. The van der Waals surface area contributed by atoms with Crippen LogP contribution in [0.1, 0.15) is 29.0 Å². The van der Waals surface area contributed by atoms with E-state index < -0.39 is 29.1 Å². The first-order valence-corrected chi connectivity index (χ1v) is 8.18. The topological polar surface area (TPSA) is 74.8 Å². The zero-order valence-corrected chi connectivity index (χ0v) is 13.2. The fourth-order valence-corrected chi connectivity index (χ4v) is 3.15. The minimum absolute atomic E-state index is 0.0151. The van der Waals surface area contributed by atoms with Gasteiger partial charge in [-0.05, 0) is 17.9 Å². The van der Waals surface area contributed by atoms with Gasteiger partial charge in [-0.15, -0.1) is 0 Å². The molecule has 1 aliphatic rings. The number of halogens is 3. The van der Waals surface area contributed by atoms with Gasteiger partial charge in [0.1, 0.15) is 5.82 Å². The van der Waals surface area contributed by atoms with E-state index in [1.165, 1.54) is 18.2 Å². The molecule has 0 bridgehead atoms. The minimum Gasteiger partial charge on any atom is -0.310 e. The number of rotatable bonds is 2. The van der Waals surface area contributed by atoms with E-state index in [4.69, 9.17) is 0 Å². The van der Waals surface area contributed by atoms with E-state index in [9.17, 15) is 22.8 Å². The highest BCUT2D eigenvalue weighted by atomic mass is 32.2. The van der Waals surface area contributed by atoms with Crippen LogP contribution in [0.3, 0.4) is 0 Å². The van der Waals surface area contributed by atoms with Crippen molar-refractivity contribution in [1.82, 2.24) is 9.97 Å². The summed E-state index contributed by atoms with van der Waals surface area (Å²) in [6.07, 6.45) is -3.14. The maximum atomic E-state index is 13.3. The maximum Gasteiger partial charge on any atom is 0.416 e. The number of benzene rings is 1. The van der Waals surface area contributed by atoms with Crippen LogP contribution >= 0.6 is 11.8 Å². The fourth-order valence-electron chi connectivity index (χ4n) is 2.77. The van der Waals surface area contributed by atoms with Crippen molar-refractivity contribution in [3.05, 3.63) is 51.3 Å². The molecule has 1 atom stereocenters. The number of nitrogens with one attached hydrogen (secondary N) is 2. The SMILES string of the molecule is CSc1nc2c(c(=O)[nH]1)C(c1ccccc1C(F)(F)F)CC(=O)N2. The number of alkyl halides is 3. The maximum absolute atomic E-state index is 13.3. The Hall–Kier alpha value is -2.29. The molecule has 1 amide bonds. The lowest BCUT2D eigenvalue weighted by Crippen LogP contribution is -2.32. The Labute approximate surface area is 138 Å². The summed E-state index contributed by atoms with van der Waals surface area (Å²) in [5.41, 5.74) is -1.47. The van der Waals surface area contributed by atoms with Gasteiger partial charge < -0.3 is 10.3 Å². The number of H-pyrrole nitrogens is 1. The van der Waals surface area contributed by atoms with Crippen molar-refractivity contribution < 1.29 is 18.0 Å². The Morgan fingerprint density at radius 1 is 1.25 bits per heavy atom. The molecule has 9 heteroatoms. The third-order valence-corrected chi connectivity index (χ3v) is 4.34. The Morgan fingerprint density at radius 2 is 1.96 bits per heavy atom. The van der Waals surface area contributed by atoms with Gasteiger partial charge in [0.05, 0.1) is 11.1 Å². The van der Waals surface area contributed by atoms with Crippen molar-refractivity contribution in [3.63, 3.8) is 0 Å². The standard InChI is InChI=1S/C15H12F3N3O2S/c1-24-14-20-12-11(13(23)21-14)8(6-10(22)19-12)7-4-2-3-5-9(7)15(16,17)18/h2-5,8H,6H2,1H3,(H2,19,20,21,22,23). The number of carbonyl (C=O) groups is 1. The van der Waals surface area contributed by atoms with Gasteiger partial charge in [0.15, 0.2) is 5.16 Å². The summed E-state index contributed by atoms with van der Waals surface area (Å²) in [4.78, 5) is 30.9. The van der Waals surface area contributed by atoms with Gasteiger partial charge >= 0.3 is 6.18 Å². The molecule has 0 saturated heterocycles. The molecular formula is C15H12F3N3O2S. The van der Waals surface area contributed by atoms with E-state index in [1.807, 2.05) is 0 Å². The van der Waals surface area contributed by atoms with Gasteiger partial charge in [-0.25, -0.2) is 4.98 Å². The largest absolute Gasteiger partial charge is 0.416 e. The Balaban J connectivity index is 2.23. The number of fused-ring (bicyclic) bond motifs is 1. The number of hydrogen-bond acceptors (Lipinski definition) is 4. The molecular weight excluding hydrogens is 343 g/mol. The predicted molar refractivity (Wildman–Crippen MR) is 83.2 cm³/mol. The average molecular weight is 355 g/mol. The number of aromatic amines is 1. The fraction of sp³-hybridized carbons (Fsp3) is 0.267. The van der Waals surface area contributed by atoms with Gasteiger partial charge in [-0.2, -0.15) is 13.2 Å². The molecule has 126 valence electrons. The molecule has 1 aliphatic heterocycles. The van der Waals surface area contributed by atoms with Crippen molar-refractivity contribution in [1.29, 1.82) is 0 Å². The van der Waals surface area contributed by atoms with E-state index in [-0.39, 0.29) is 28.5 Å². The molecule has 2 aromatic rings. The molecule has 5 nitrogen and oxygen atoms in total. The smallest absolute Gasteiger partial charge is 0.310 e. The summed E-state index contributed by atoms with van der Waals surface area (Å²) in [6, 6.07) is 4.96. The van der Waals surface area contributed by atoms with Crippen molar-refractivity contribution in [2.45, 2.75) is 23.7 Å². The first-order valence-electron chi connectivity index (χ1n) is 6.95. The van der Waals surface area contributed by atoms with Gasteiger partial charge in [-0.3, -0.25) is 9.59 Å². The van der Waals surface area contributed by atoms with E-state index in [1.54, 1.807) is 6.26 Å². The second kappa shape index (κ2) is 5.97. The van der Waals surface area contributed by atoms with Gasteiger partial charge in [0.2, 0.25) is 5.91 Å². The zero-order chi connectivity index (χ0) is 17.5. The Bertz CT molecular complexity index is 864. The second-order valence-electron chi connectivity index (χ2n) is 5.23. The van der Waals surface area contributed by atoms with Gasteiger partial charge in [-0.1, -0.05) is 30.0 Å². The van der Waals surface area contributed by atoms with Gasteiger partial charge in [0.25, 0.3) is 5.56 Å². The van der Waals surface area contributed by atoms with Crippen LogP contribution in [0.15, 0.2) is 34.2 Å². The zero-order valence-electron chi connectivity index (χ0n) is 12.4. The van der Waals surface area contributed by atoms with Crippen LogP contribution in [-0.4, -0.2) is 22.1 Å². The van der Waals surface area contributed by atoms with E-state index in [0.29, 0.717) is 0 Å². The molecule has 1 unspecified atom stereocenters. The lowest BCUT2D eigenvalue weighted by molar-refractivity contribution is -0.138. The summed E-state index contributed by atoms with van der Waals surface area (Å²) in [7, 11) is 0. The molecule has 1 aromatic carbocycles. The first kappa shape index (κ1) is 16.6. The monoisotopic (exact) mass is 355 g/mol. The number of nitrogens with zero attached hydrogens (tertiary/aromatic N) is 1. The van der Waals surface area contributed by atoms with E-state index in [0.717, 1.165) is 17.8 Å². The second-order valence-corrected chi connectivity index (χ2v) is 6.02. The number of aromatic nitrogens is 2.